The summed E-state index contributed by atoms with van der Waals surface area (Å²) >= 11 is 0. The molecule has 0 saturated carbocycles. The Labute approximate surface area is 55.4 Å². The molecule has 1 fully saturated rings. The number of carbonyl (C=O) groups is 1. The molecule has 0 radical (unpaired) electrons. The Morgan fingerprint density at radius 1 is 1.50 bits per heavy atom. The van der Waals surface area contributed by atoms with E-state index in [4.69, 9.17) is 0 Å². The molecule has 5 heteroatoms. The van der Waals surface area contributed by atoms with E-state index in [9.17, 15) is 18.0 Å². The molecule has 0 bridgehead atoms. The van der Waals surface area contributed by atoms with Crippen molar-refractivity contribution in [3.8, 4) is 0 Å². The van der Waals surface area contributed by atoms with Crippen molar-refractivity contribution in [1.82, 2.24) is 5.32 Å². The van der Waals surface area contributed by atoms with E-state index < -0.39 is 18.0 Å². The van der Waals surface area contributed by atoms with Crippen molar-refractivity contribution >= 4 is 5.91 Å². The van der Waals surface area contributed by atoms with Crippen LogP contribution in [0.3, 0.4) is 0 Å². The molecule has 1 aliphatic heterocycles. The Balaban J connectivity index is 2.64. The molecule has 0 aromatic rings. The standard InChI is InChI=1S/C5H6F3NO/c6-5(7,8)3-1-2-9-4(3)10/h3H,1-2H2,(H,9,10)/t3-/m1/s1. The van der Waals surface area contributed by atoms with Crippen molar-refractivity contribution in [2.75, 3.05) is 6.54 Å². The van der Waals surface area contributed by atoms with E-state index in [0.29, 0.717) is 0 Å². The minimum Gasteiger partial charge on any atom is -0.356 e. The third-order valence-electron chi connectivity index (χ3n) is 1.44. The summed E-state index contributed by atoms with van der Waals surface area (Å²) in [5, 5.41) is 2.12. The molecule has 1 aliphatic rings. The smallest absolute Gasteiger partial charge is 0.356 e. The van der Waals surface area contributed by atoms with Crippen molar-refractivity contribution in [1.29, 1.82) is 0 Å². The predicted molar refractivity (Wildman–Crippen MR) is 27.2 cm³/mol. The second kappa shape index (κ2) is 2.14. The zero-order valence-corrected chi connectivity index (χ0v) is 5.03. The molecule has 1 N–H and O–H groups in total. The fourth-order valence-electron chi connectivity index (χ4n) is 0.906. The normalized spacial score (nSPS) is 26.7. The molecule has 0 aliphatic carbocycles. The first-order chi connectivity index (χ1) is 4.52. The van der Waals surface area contributed by atoms with Crippen LogP contribution in [0.5, 0.6) is 0 Å². The summed E-state index contributed by atoms with van der Waals surface area (Å²) in [5.41, 5.74) is 0. The molecule has 0 aromatic carbocycles. The van der Waals surface area contributed by atoms with Crippen LogP contribution >= 0.6 is 0 Å². The molecule has 1 heterocycles. The molecule has 0 unspecified atom stereocenters. The number of amides is 1. The first-order valence-electron chi connectivity index (χ1n) is 2.86. The van der Waals surface area contributed by atoms with E-state index in [2.05, 4.69) is 5.32 Å². The molecule has 1 saturated heterocycles. The Morgan fingerprint density at radius 2 is 2.10 bits per heavy atom. The molecule has 58 valence electrons. The third kappa shape index (κ3) is 1.22. The number of halogens is 3. The number of hydrogen-bond donors (Lipinski definition) is 1. The number of nitrogens with one attached hydrogen (secondary N) is 1. The van der Waals surface area contributed by atoms with Crippen LogP contribution in [0.15, 0.2) is 0 Å². The maximum atomic E-state index is 11.8. The lowest BCUT2D eigenvalue weighted by molar-refractivity contribution is -0.177. The maximum absolute atomic E-state index is 11.8. The first kappa shape index (κ1) is 7.37. The lowest BCUT2D eigenvalue weighted by atomic mass is 10.1. The highest BCUT2D eigenvalue weighted by Crippen LogP contribution is 2.30. The Kier molecular flexibility index (Phi) is 1.58. The van der Waals surface area contributed by atoms with Gasteiger partial charge in [0.2, 0.25) is 5.91 Å². The van der Waals surface area contributed by atoms with Gasteiger partial charge in [-0.1, -0.05) is 0 Å². The Morgan fingerprint density at radius 3 is 2.30 bits per heavy atom. The summed E-state index contributed by atoms with van der Waals surface area (Å²) < 4.78 is 35.3. The van der Waals surface area contributed by atoms with E-state index in [0.717, 1.165) is 0 Å². The summed E-state index contributed by atoms with van der Waals surface area (Å²) in [6.45, 7) is 0.142. The summed E-state index contributed by atoms with van der Waals surface area (Å²) in [4.78, 5) is 10.4. The highest BCUT2D eigenvalue weighted by Gasteiger charge is 2.46. The topological polar surface area (TPSA) is 29.1 Å². The second-order valence-corrected chi connectivity index (χ2v) is 2.17. The van der Waals surface area contributed by atoms with E-state index >= 15 is 0 Å². The SMILES string of the molecule is O=C1NCC[C@H]1C(F)(F)F. The van der Waals surface area contributed by atoms with E-state index in [1.807, 2.05) is 0 Å². The van der Waals surface area contributed by atoms with E-state index in [1.54, 1.807) is 0 Å². The van der Waals surface area contributed by atoms with Crippen LogP contribution in [0.25, 0.3) is 0 Å². The second-order valence-electron chi connectivity index (χ2n) is 2.17. The average molecular weight is 153 g/mol. The van der Waals surface area contributed by atoms with E-state index in [1.165, 1.54) is 0 Å². The lowest BCUT2D eigenvalue weighted by Gasteiger charge is -2.09. The van der Waals surface area contributed by atoms with Gasteiger partial charge in [-0.3, -0.25) is 4.79 Å². The molecular weight excluding hydrogens is 147 g/mol. The molecule has 1 amide bonds. The molecule has 0 spiro atoms. The van der Waals surface area contributed by atoms with Crippen LogP contribution < -0.4 is 5.32 Å². The number of carbonyl (C=O) groups excluding carboxylic acids is 1. The fraction of sp³-hybridized carbons (Fsp3) is 0.800. The highest BCUT2D eigenvalue weighted by atomic mass is 19.4. The lowest BCUT2D eigenvalue weighted by Crippen LogP contribution is -2.30. The highest BCUT2D eigenvalue weighted by molar-refractivity contribution is 5.81. The largest absolute Gasteiger partial charge is 0.400 e. The van der Waals surface area contributed by atoms with Crippen molar-refractivity contribution in [3.05, 3.63) is 0 Å². The van der Waals surface area contributed by atoms with Gasteiger partial charge >= 0.3 is 6.18 Å². The van der Waals surface area contributed by atoms with Gasteiger partial charge in [-0.05, 0) is 6.42 Å². The zero-order chi connectivity index (χ0) is 7.78. The van der Waals surface area contributed by atoms with Crippen molar-refractivity contribution in [3.63, 3.8) is 0 Å². The van der Waals surface area contributed by atoms with Gasteiger partial charge in [-0.15, -0.1) is 0 Å². The summed E-state index contributed by atoms with van der Waals surface area (Å²) in [6.07, 6.45) is -4.48. The van der Waals surface area contributed by atoms with Crippen molar-refractivity contribution in [2.45, 2.75) is 12.6 Å². The van der Waals surface area contributed by atoms with Gasteiger partial charge in [0, 0.05) is 6.54 Å². The quantitative estimate of drug-likeness (QED) is 0.544. The van der Waals surface area contributed by atoms with E-state index in [-0.39, 0.29) is 13.0 Å². The van der Waals surface area contributed by atoms with Crippen LogP contribution in [0.2, 0.25) is 0 Å². The predicted octanol–water partition coefficient (Wildman–Crippen LogP) is 0.685. The molecule has 10 heavy (non-hydrogen) atoms. The summed E-state index contributed by atoms with van der Waals surface area (Å²) in [5.74, 6) is -2.67. The molecular formula is C5H6F3NO. The minimum absolute atomic E-state index is 0.123. The van der Waals surface area contributed by atoms with Crippen LogP contribution in [0, 0.1) is 5.92 Å². The van der Waals surface area contributed by atoms with Crippen molar-refractivity contribution in [2.24, 2.45) is 5.92 Å². The molecule has 1 rings (SSSR count). The van der Waals surface area contributed by atoms with Gasteiger partial charge in [0.25, 0.3) is 0 Å². The molecule has 2 nitrogen and oxygen atoms in total. The van der Waals surface area contributed by atoms with Crippen molar-refractivity contribution < 1.29 is 18.0 Å². The van der Waals surface area contributed by atoms with Crippen LogP contribution in [-0.2, 0) is 4.79 Å². The first-order valence-corrected chi connectivity index (χ1v) is 2.86. The summed E-state index contributed by atoms with van der Waals surface area (Å²) in [7, 11) is 0. The third-order valence-corrected chi connectivity index (χ3v) is 1.44. The monoisotopic (exact) mass is 153 g/mol. The molecule has 0 aromatic heterocycles. The van der Waals surface area contributed by atoms with Gasteiger partial charge in [0.15, 0.2) is 0 Å². The zero-order valence-electron chi connectivity index (χ0n) is 5.03. The minimum atomic E-state index is -4.36. The number of hydrogen-bond acceptors (Lipinski definition) is 1. The molecule has 1 atom stereocenters. The van der Waals surface area contributed by atoms with Crippen LogP contribution in [0.4, 0.5) is 13.2 Å². The number of alkyl halides is 3. The summed E-state index contributed by atoms with van der Waals surface area (Å²) in [6, 6.07) is 0. The fourth-order valence-corrected chi connectivity index (χ4v) is 0.906. The average Bonchev–Trinajstić information content (AvgIpc) is 2.11. The number of rotatable bonds is 0. The van der Waals surface area contributed by atoms with Crippen LogP contribution in [-0.4, -0.2) is 18.6 Å². The van der Waals surface area contributed by atoms with Gasteiger partial charge in [0.05, 0.1) is 0 Å². The Hall–Kier alpha value is -0.740. The van der Waals surface area contributed by atoms with Gasteiger partial charge in [-0.2, -0.15) is 13.2 Å². The Bertz CT molecular complexity index is 153. The van der Waals surface area contributed by atoms with Crippen LogP contribution in [0.1, 0.15) is 6.42 Å². The maximum Gasteiger partial charge on any atom is 0.400 e. The van der Waals surface area contributed by atoms with Gasteiger partial charge < -0.3 is 5.32 Å². The van der Waals surface area contributed by atoms with Gasteiger partial charge in [-0.25, -0.2) is 0 Å². The van der Waals surface area contributed by atoms with Gasteiger partial charge in [0.1, 0.15) is 5.92 Å².